The molecule has 0 aromatic heterocycles. The van der Waals surface area contributed by atoms with Crippen LogP contribution in [0.25, 0.3) is 0 Å². The molecule has 2 heteroatoms. The van der Waals surface area contributed by atoms with Gasteiger partial charge in [0.2, 0.25) is 0 Å². The summed E-state index contributed by atoms with van der Waals surface area (Å²) in [6.45, 7) is 4.50. The third kappa shape index (κ3) is 3.40. The summed E-state index contributed by atoms with van der Waals surface area (Å²) in [5.74, 6) is 0.675. The van der Waals surface area contributed by atoms with Crippen LogP contribution in [0.5, 0.6) is 0 Å². The van der Waals surface area contributed by atoms with E-state index in [1.54, 1.807) is 7.11 Å². The standard InChI is InChI=1S/C12H19OP/c1-4-10(2)12-7-5-11(6-8-12)9-14-13-3/h5-8,10,14H,4,9H2,1-3H3. The van der Waals surface area contributed by atoms with Crippen molar-refractivity contribution in [2.45, 2.75) is 32.3 Å². The molecule has 0 aliphatic rings. The molecule has 2 atom stereocenters. The van der Waals surface area contributed by atoms with Crippen molar-refractivity contribution >= 4 is 8.81 Å². The highest BCUT2D eigenvalue weighted by atomic mass is 31.1. The van der Waals surface area contributed by atoms with Crippen molar-refractivity contribution in [1.82, 2.24) is 0 Å². The third-order valence-corrected chi connectivity index (χ3v) is 3.42. The van der Waals surface area contributed by atoms with Crippen LogP contribution < -0.4 is 0 Å². The van der Waals surface area contributed by atoms with E-state index in [1.807, 2.05) is 0 Å². The van der Waals surface area contributed by atoms with E-state index in [4.69, 9.17) is 4.52 Å². The van der Waals surface area contributed by atoms with Gasteiger partial charge in [-0.3, -0.25) is 0 Å². The second-order valence-electron chi connectivity index (χ2n) is 3.58. The first-order valence-corrected chi connectivity index (χ1v) is 6.24. The molecule has 1 aromatic rings. The maximum atomic E-state index is 5.07. The monoisotopic (exact) mass is 210 g/mol. The molecule has 0 aliphatic carbocycles. The Morgan fingerprint density at radius 1 is 1.29 bits per heavy atom. The van der Waals surface area contributed by atoms with Gasteiger partial charge < -0.3 is 4.52 Å². The van der Waals surface area contributed by atoms with E-state index in [1.165, 1.54) is 17.5 Å². The van der Waals surface area contributed by atoms with Crippen LogP contribution in [0.1, 0.15) is 37.3 Å². The summed E-state index contributed by atoms with van der Waals surface area (Å²) in [4.78, 5) is 0. The molecule has 0 radical (unpaired) electrons. The summed E-state index contributed by atoms with van der Waals surface area (Å²) in [5.41, 5.74) is 2.81. The van der Waals surface area contributed by atoms with E-state index in [2.05, 4.69) is 38.1 Å². The highest BCUT2D eigenvalue weighted by Gasteiger charge is 2.01. The molecule has 1 rings (SSSR count). The van der Waals surface area contributed by atoms with Crippen molar-refractivity contribution in [3.8, 4) is 0 Å². The summed E-state index contributed by atoms with van der Waals surface area (Å²) < 4.78 is 5.07. The fourth-order valence-corrected chi connectivity index (χ4v) is 1.90. The van der Waals surface area contributed by atoms with Crippen LogP contribution in [-0.4, -0.2) is 7.11 Å². The largest absolute Gasteiger partial charge is 0.365 e. The smallest absolute Gasteiger partial charge is 0.0394 e. The van der Waals surface area contributed by atoms with Gasteiger partial charge in [-0.25, -0.2) is 0 Å². The number of hydrogen-bond acceptors (Lipinski definition) is 1. The molecule has 0 spiro atoms. The highest BCUT2D eigenvalue weighted by molar-refractivity contribution is 7.31. The molecule has 0 aliphatic heterocycles. The Labute approximate surface area is 88.7 Å². The fourth-order valence-electron chi connectivity index (χ4n) is 1.36. The van der Waals surface area contributed by atoms with Gasteiger partial charge in [0.1, 0.15) is 0 Å². The van der Waals surface area contributed by atoms with Crippen molar-refractivity contribution < 1.29 is 4.52 Å². The molecule has 0 N–H and O–H groups in total. The molecule has 0 bridgehead atoms. The average molecular weight is 210 g/mol. The minimum Gasteiger partial charge on any atom is -0.365 e. The molecule has 1 aromatic carbocycles. The second-order valence-corrected chi connectivity index (χ2v) is 4.63. The maximum Gasteiger partial charge on any atom is 0.0394 e. The van der Waals surface area contributed by atoms with Gasteiger partial charge in [-0.05, 0) is 23.5 Å². The first-order chi connectivity index (χ1) is 6.77. The summed E-state index contributed by atoms with van der Waals surface area (Å²) in [6.07, 6.45) is 2.25. The van der Waals surface area contributed by atoms with Crippen LogP contribution in [0.4, 0.5) is 0 Å². The summed E-state index contributed by atoms with van der Waals surface area (Å²) in [6, 6.07) is 8.91. The van der Waals surface area contributed by atoms with Crippen LogP contribution in [-0.2, 0) is 10.7 Å². The van der Waals surface area contributed by atoms with Crippen LogP contribution >= 0.6 is 8.81 Å². The van der Waals surface area contributed by atoms with E-state index < -0.39 is 0 Å². The van der Waals surface area contributed by atoms with Gasteiger partial charge in [0.15, 0.2) is 0 Å². The number of hydrogen-bond donors (Lipinski definition) is 0. The van der Waals surface area contributed by atoms with E-state index in [9.17, 15) is 0 Å². The Morgan fingerprint density at radius 3 is 2.43 bits per heavy atom. The van der Waals surface area contributed by atoms with Gasteiger partial charge in [-0.1, -0.05) is 38.1 Å². The molecular formula is C12H19OP. The van der Waals surface area contributed by atoms with Crippen LogP contribution in [0.15, 0.2) is 24.3 Å². The van der Waals surface area contributed by atoms with E-state index >= 15 is 0 Å². The minimum absolute atomic E-state index is 0.584. The normalized spacial score (nSPS) is 13.6. The topological polar surface area (TPSA) is 9.23 Å². The fraction of sp³-hybridized carbons (Fsp3) is 0.500. The van der Waals surface area contributed by atoms with Crippen LogP contribution in [0, 0.1) is 0 Å². The van der Waals surface area contributed by atoms with Crippen molar-refractivity contribution in [2.75, 3.05) is 7.11 Å². The molecule has 14 heavy (non-hydrogen) atoms. The zero-order valence-corrected chi connectivity index (χ0v) is 10.2. The molecule has 0 amide bonds. The van der Waals surface area contributed by atoms with Gasteiger partial charge in [0.05, 0.1) is 0 Å². The van der Waals surface area contributed by atoms with Gasteiger partial charge >= 0.3 is 0 Å². The van der Waals surface area contributed by atoms with E-state index in [0.29, 0.717) is 14.7 Å². The van der Waals surface area contributed by atoms with Gasteiger partial charge in [0.25, 0.3) is 0 Å². The Bertz CT molecular complexity index is 256. The Kier molecular flexibility index (Phi) is 5.14. The first kappa shape index (κ1) is 11.7. The van der Waals surface area contributed by atoms with Gasteiger partial charge in [-0.2, -0.15) is 0 Å². The highest BCUT2D eigenvalue weighted by Crippen LogP contribution is 2.22. The lowest BCUT2D eigenvalue weighted by atomic mass is 9.98. The van der Waals surface area contributed by atoms with Crippen molar-refractivity contribution in [3.63, 3.8) is 0 Å². The van der Waals surface area contributed by atoms with Crippen molar-refractivity contribution in [1.29, 1.82) is 0 Å². The quantitative estimate of drug-likeness (QED) is 0.669. The third-order valence-electron chi connectivity index (χ3n) is 2.58. The van der Waals surface area contributed by atoms with Crippen molar-refractivity contribution in [2.24, 2.45) is 0 Å². The molecule has 0 heterocycles. The molecule has 1 nitrogen and oxygen atoms in total. The molecule has 2 unspecified atom stereocenters. The Morgan fingerprint density at radius 2 is 1.93 bits per heavy atom. The van der Waals surface area contributed by atoms with Gasteiger partial charge in [-0.15, -0.1) is 0 Å². The molecule has 0 fully saturated rings. The predicted octanol–water partition coefficient (Wildman–Crippen LogP) is 3.94. The zero-order valence-electron chi connectivity index (χ0n) is 9.21. The summed E-state index contributed by atoms with van der Waals surface area (Å²) in [7, 11) is 2.34. The molecule has 0 saturated carbocycles. The minimum atomic E-state index is 0.584. The Balaban J connectivity index is 2.59. The maximum absolute atomic E-state index is 5.07. The Hall–Kier alpha value is -0.390. The van der Waals surface area contributed by atoms with Crippen LogP contribution in [0.3, 0.4) is 0 Å². The van der Waals surface area contributed by atoms with E-state index in [-0.39, 0.29) is 0 Å². The number of benzene rings is 1. The summed E-state index contributed by atoms with van der Waals surface area (Å²) >= 11 is 0. The lowest BCUT2D eigenvalue weighted by Crippen LogP contribution is -1.91. The molecule has 0 saturated heterocycles. The van der Waals surface area contributed by atoms with Gasteiger partial charge in [0, 0.05) is 22.1 Å². The SMILES string of the molecule is CCC(C)c1ccc(CPOC)cc1. The second kappa shape index (κ2) is 6.16. The lowest BCUT2D eigenvalue weighted by Gasteiger charge is -2.09. The molecule has 78 valence electrons. The average Bonchev–Trinajstić information content (AvgIpc) is 2.26. The van der Waals surface area contributed by atoms with E-state index in [0.717, 1.165) is 6.16 Å². The van der Waals surface area contributed by atoms with Crippen LogP contribution in [0.2, 0.25) is 0 Å². The zero-order chi connectivity index (χ0) is 10.4. The number of rotatable bonds is 5. The lowest BCUT2D eigenvalue weighted by molar-refractivity contribution is 0.475. The van der Waals surface area contributed by atoms with Crippen molar-refractivity contribution in [3.05, 3.63) is 35.4 Å². The predicted molar refractivity (Wildman–Crippen MR) is 64.2 cm³/mol. The molecular weight excluding hydrogens is 191 g/mol. The first-order valence-electron chi connectivity index (χ1n) is 5.12. The summed E-state index contributed by atoms with van der Waals surface area (Å²) in [5, 5.41) is 0.